The minimum absolute atomic E-state index is 0.000252. The second-order valence-electron chi connectivity index (χ2n) is 35.0. The summed E-state index contributed by atoms with van der Waals surface area (Å²) in [5, 5.41) is 95.6. The molecule has 4 heterocycles. The van der Waals surface area contributed by atoms with Crippen molar-refractivity contribution in [2.45, 2.75) is 317 Å². The van der Waals surface area contributed by atoms with Crippen LogP contribution in [0.3, 0.4) is 0 Å². The van der Waals surface area contributed by atoms with Gasteiger partial charge in [0, 0.05) is 61.5 Å². The van der Waals surface area contributed by atoms with Crippen molar-refractivity contribution in [3.63, 3.8) is 0 Å². The van der Waals surface area contributed by atoms with E-state index >= 15 is 28.8 Å². The average Bonchev–Trinajstić information content (AvgIpc) is 1.24. The van der Waals surface area contributed by atoms with Gasteiger partial charge in [0.05, 0.1) is 36.5 Å². The van der Waals surface area contributed by atoms with Gasteiger partial charge in [0.15, 0.2) is 5.78 Å². The molecule has 11 amide bonds. The van der Waals surface area contributed by atoms with Crippen LogP contribution in [0.25, 0.3) is 0 Å². The summed E-state index contributed by atoms with van der Waals surface area (Å²) in [4.78, 5) is 190. The van der Waals surface area contributed by atoms with Crippen LogP contribution < -0.4 is 80.2 Å². The molecule has 656 valence electrons. The van der Waals surface area contributed by atoms with Gasteiger partial charge in [-0.1, -0.05) is 77.6 Å². The number of Topliss-reactive ketones (excluding diaryl/α,β-unsaturated/α-hetero) is 1. The van der Waals surface area contributed by atoms with Crippen molar-refractivity contribution in [3.8, 4) is 0 Å². The number of carboxylic acids is 1. The number of thioether (sulfide) groups is 2. The van der Waals surface area contributed by atoms with Crippen LogP contribution >= 0.6 is 23.5 Å². The Morgan fingerprint density at radius 1 is 0.581 bits per heavy atom. The number of aliphatic carboxylic acids is 1. The van der Waals surface area contributed by atoms with Crippen molar-refractivity contribution in [1.29, 1.82) is 0 Å². The fourth-order valence-corrected chi connectivity index (χ4v) is 19.5. The molecule has 117 heavy (non-hydrogen) atoms. The lowest BCUT2D eigenvalue weighted by Crippen LogP contribution is -2.67. The van der Waals surface area contributed by atoms with E-state index in [1.807, 2.05) is 24.3 Å². The van der Waals surface area contributed by atoms with Gasteiger partial charge in [0.1, 0.15) is 59.9 Å². The predicted molar refractivity (Wildman–Crippen MR) is 441 cm³/mol. The average molecular weight is 1680 g/mol. The SMILES string of the molecule is CCC[C@@H]1NC(=O)[C@H](CC2CCC(O)CC2)NC(=O)[C@H](CCC(=O)O)NC(=O)[C@](C)(C2CCCCC2)NC(=O)[C@H](CC2CNC3NCCCC23)NC(=O)[C@H]([C@@H](C)O)NC(=O)[C@H](CC2CNCN2)NC(=O)[C@H](CC2CCC(O)CC2)NC(=O)[C@H](C(C)(C)C)NC(=O)CCSCc2cccc(c2)CSC[C@@H](C(N)=O)CC(=O)[C@H]([C@@H](C)O)NC1=O. The lowest BCUT2D eigenvalue weighted by Gasteiger charge is -2.41. The second kappa shape index (κ2) is 46.1. The van der Waals surface area contributed by atoms with Crippen molar-refractivity contribution >= 4 is 100 Å². The van der Waals surface area contributed by atoms with Gasteiger partial charge in [-0.2, -0.15) is 23.5 Å². The van der Waals surface area contributed by atoms with Gasteiger partial charge in [-0.05, 0) is 196 Å². The van der Waals surface area contributed by atoms with Gasteiger partial charge in [-0.3, -0.25) is 62.3 Å². The third-order valence-corrected chi connectivity index (χ3v) is 26.7. The number of hydrogen-bond donors (Lipinski definition) is 20. The summed E-state index contributed by atoms with van der Waals surface area (Å²) in [6.45, 7) is 13.0. The molecule has 33 nitrogen and oxygen atoms in total. The molecule has 1 aromatic rings. The number of primary amides is 1. The van der Waals surface area contributed by atoms with Gasteiger partial charge in [-0.25, -0.2) is 0 Å². The van der Waals surface area contributed by atoms with Gasteiger partial charge in [0.25, 0.3) is 0 Å². The zero-order chi connectivity index (χ0) is 85.3. The van der Waals surface area contributed by atoms with Crippen LogP contribution in [0, 0.1) is 40.9 Å². The minimum Gasteiger partial charge on any atom is -0.481 e. The van der Waals surface area contributed by atoms with Crippen molar-refractivity contribution < 1.29 is 87.9 Å². The molecule has 0 radical (unpaired) electrons. The fourth-order valence-electron chi connectivity index (χ4n) is 17.5. The predicted octanol–water partition coefficient (Wildman–Crippen LogP) is 0.635. The molecule has 21 N–H and O–H groups in total. The third kappa shape index (κ3) is 29.4. The standard InChI is InChI=1S/C82H133N15O18S2/c1-8-14-58-73(108)95-67(45(2)98)64(102)37-52(70(83)106)43-117-42-50-16-12-15-49(33-50)41-116-32-30-65(103)94-69(81(4,5)6)79(114)92-61(35-48-22-26-56(101)27-23-48)75(110)90-63(38-54-40-84-44-87-54)76(111)96-68(46(3)99)78(113)91-62(36-51-39-86-71-57(51)19-13-31-85-71)77(112)97-82(7,53-17-10-9-11-18-53)80(115)93-59(28-29-66(104)105)72(107)89-60(74(109)88-58)34-47-20-24-55(100)25-21-47/h12,15-16,33,45-48,51-63,67-69,71,84-87,98-101H,8-11,13-14,17-32,34-44H2,1-7H3,(H2,83,106)(H,88,109)(H,89,107)(H,90,110)(H,91,113)(H,92,114)(H,93,115)(H,94,103)(H,95,108)(H,96,111)(H,97,112)(H,104,105)/t45-,46-,47?,48?,51?,52+,54?,55?,56?,57?,58+,59+,60+,61+,62+,63+,67+,68+,69-,71?,82+/m1/s1. The number of piperidine rings is 1. The highest BCUT2D eigenvalue weighted by atomic mass is 32.2. The normalized spacial score (nSPS) is 33.4. The number of benzene rings is 1. The molecule has 0 spiro atoms. The van der Waals surface area contributed by atoms with Crippen molar-refractivity contribution in [3.05, 3.63) is 35.4 Å². The number of nitrogens with two attached hydrogens (primary N) is 1. The highest BCUT2D eigenvalue weighted by Gasteiger charge is 2.49. The first-order chi connectivity index (χ1) is 55.6. The Kier molecular flexibility index (Phi) is 37.6. The number of rotatable bonds is 17. The van der Waals surface area contributed by atoms with E-state index in [2.05, 4.69) is 74.4 Å². The Morgan fingerprint density at radius 2 is 1.12 bits per heavy atom. The molecule has 3 saturated heterocycles. The van der Waals surface area contributed by atoms with E-state index in [0.717, 1.165) is 36.9 Å². The van der Waals surface area contributed by atoms with Gasteiger partial charge >= 0.3 is 5.97 Å². The minimum atomic E-state index is -1.90. The Balaban J connectivity index is 1.15. The largest absolute Gasteiger partial charge is 0.481 e. The zero-order valence-electron chi connectivity index (χ0n) is 69.2. The molecule has 4 aliphatic heterocycles. The Hall–Kier alpha value is -7.09. The number of ketones is 1. The monoisotopic (exact) mass is 1680 g/mol. The molecule has 1 aromatic carbocycles. The summed E-state index contributed by atoms with van der Waals surface area (Å²) in [6, 6.07) is -5.96. The van der Waals surface area contributed by atoms with Gasteiger partial charge in [0.2, 0.25) is 65.0 Å². The highest BCUT2D eigenvalue weighted by Crippen LogP contribution is 2.37. The first-order valence-corrected chi connectivity index (χ1v) is 44.8. The Morgan fingerprint density at radius 3 is 1.69 bits per heavy atom. The summed E-state index contributed by atoms with van der Waals surface area (Å²) in [6.07, 6.45) is 2.28. The summed E-state index contributed by atoms with van der Waals surface area (Å²) in [5.74, 6) is -12.1. The van der Waals surface area contributed by atoms with Crippen molar-refractivity contribution in [1.82, 2.24) is 74.4 Å². The van der Waals surface area contributed by atoms with E-state index in [1.54, 1.807) is 27.7 Å². The van der Waals surface area contributed by atoms with Crippen LogP contribution in [0.2, 0.25) is 0 Å². The molecule has 8 rings (SSSR count). The van der Waals surface area contributed by atoms with Gasteiger partial charge < -0.3 is 106 Å². The van der Waals surface area contributed by atoms with Crippen LogP contribution in [-0.2, 0) is 73.8 Å². The molecule has 4 unspecified atom stereocenters. The van der Waals surface area contributed by atoms with Crippen LogP contribution in [-0.4, -0.2) is 237 Å². The maximum Gasteiger partial charge on any atom is 0.303 e. The topological polar surface area (TPSA) is 517 Å². The van der Waals surface area contributed by atoms with E-state index in [-0.39, 0.29) is 74.1 Å². The van der Waals surface area contributed by atoms with Crippen LogP contribution in [0.4, 0.5) is 0 Å². The molecular formula is C82H133N15O18S2. The molecule has 3 saturated carbocycles. The highest BCUT2D eigenvalue weighted by molar-refractivity contribution is 7.98. The van der Waals surface area contributed by atoms with Crippen LogP contribution in [0.15, 0.2) is 24.3 Å². The Labute approximate surface area is 695 Å². The number of aliphatic hydroxyl groups is 4. The molecule has 35 heteroatoms. The molecule has 0 aromatic heterocycles. The smallest absolute Gasteiger partial charge is 0.303 e. The third-order valence-electron chi connectivity index (χ3n) is 24.5. The van der Waals surface area contributed by atoms with E-state index < -0.39 is 204 Å². The van der Waals surface area contributed by atoms with Gasteiger partial charge in [-0.15, -0.1) is 0 Å². The number of amides is 11. The fraction of sp³-hybridized carbons (Fsp3) is 0.768. The molecule has 7 aliphatic rings. The molecule has 2 bridgehead atoms. The zero-order valence-corrected chi connectivity index (χ0v) is 70.8. The van der Waals surface area contributed by atoms with Crippen molar-refractivity contribution in [2.75, 3.05) is 37.8 Å². The number of carboxylic acid groups (broad SMARTS) is 1. The van der Waals surface area contributed by atoms with E-state index in [0.29, 0.717) is 120 Å². The van der Waals surface area contributed by atoms with Crippen molar-refractivity contribution in [2.24, 2.45) is 46.7 Å². The summed E-state index contributed by atoms with van der Waals surface area (Å²) in [7, 11) is 0. The number of carbonyl (C=O) groups is 13. The Bertz CT molecular complexity index is 3530. The van der Waals surface area contributed by atoms with E-state index in [9.17, 15) is 59.1 Å². The van der Waals surface area contributed by atoms with E-state index in [4.69, 9.17) is 5.73 Å². The molecule has 3 aliphatic carbocycles. The first-order valence-electron chi connectivity index (χ1n) is 42.5. The lowest BCUT2D eigenvalue weighted by atomic mass is 9.74. The summed E-state index contributed by atoms with van der Waals surface area (Å²) < 4.78 is 0. The number of hydrogen-bond acceptors (Lipinski definition) is 23. The van der Waals surface area contributed by atoms with E-state index in [1.165, 1.54) is 44.3 Å². The lowest BCUT2D eigenvalue weighted by molar-refractivity contribution is -0.141. The second-order valence-corrected chi connectivity index (χ2v) is 37.2. The maximum absolute atomic E-state index is 15.7. The van der Waals surface area contributed by atoms with Crippen LogP contribution in [0.5, 0.6) is 0 Å². The number of nitrogens with one attached hydrogen (secondary N) is 14. The number of aliphatic hydroxyl groups excluding tert-OH is 4. The van der Waals surface area contributed by atoms with Crippen LogP contribution in [0.1, 0.15) is 220 Å². The molecule has 6 fully saturated rings. The first kappa shape index (κ1) is 95.4. The number of carbonyl (C=O) groups excluding carboxylic acids is 12. The summed E-state index contributed by atoms with van der Waals surface area (Å²) in [5.41, 5.74) is 4.91. The maximum atomic E-state index is 15.7. The number of fused-ring (bicyclic) bond motifs is 3. The molecule has 17 atom stereocenters. The molecular weight excluding hydrogens is 1550 g/mol. The quantitative estimate of drug-likeness (QED) is 0.102. The summed E-state index contributed by atoms with van der Waals surface area (Å²) >= 11 is 2.82.